The van der Waals surface area contributed by atoms with E-state index < -0.39 is 18.0 Å². The molecule has 0 bridgehead atoms. The Morgan fingerprint density at radius 3 is 2.79 bits per heavy atom. The first-order valence-electron chi connectivity index (χ1n) is 8.53. The maximum absolute atomic E-state index is 11.6. The molecule has 0 aromatic heterocycles. The maximum atomic E-state index is 11.6. The Kier molecular flexibility index (Phi) is 5.82. The third-order valence-electron chi connectivity index (χ3n) is 4.59. The molecule has 24 heavy (non-hydrogen) atoms. The first-order chi connectivity index (χ1) is 11.7. The Balaban J connectivity index is 1.50. The molecule has 0 aliphatic carbocycles. The lowest BCUT2D eigenvalue weighted by molar-refractivity contribution is -0.146. The fourth-order valence-corrected chi connectivity index (χ4v) is 3.17. The van der Waals surface area contributed by atoms with Gasteiger partial charge in [0, 0.05) is 6.42 Å². The van der Waals surface area contributed by atoms with Crippen molar-refractivity contribution in [3.8, 4) is 0 Å². The van der Waals surface area contributed by atoms with Gasteiger partial charge in [-0.1, -0.05) is 35.5 Å². The van der Waals surface area contributed by atoms with Gasteiger partial charge >= 0.3 is 5.97 Å². The molecule has 0 saturated carbocycles. The number of nitrogens with zero attached hydrogens (tertiary/aromatic N) is 1. The van der Waals surface area contributed by atoms with E-state index in [1.165, 1.54) is 0 Å². The number of rotatable bonds is 7. The lowest BCUT2D eigenvalue weighted by Gasteiger charge is -2.22. The fraction of sp³-hybridized carbons (Fsp3) is 0.556. The molecule has 1 saturated heterocycles. The van der Waals surface area contributed by atoms with Gasteiger partial charge in [0.15, 0.2) is 0 Å². The van der Waals surface area contributed by atoms with Gasteiger partial charge in [-0.15, -0.1) is 0 Å². The highest BCUT2D eigenvalue weighted by atomic mass is 16.6. The highest BCUT2D eigenvalue weighted by Crippen LogP contribution is 2.23. The van der Waals surface area contributed by atoms with Crippen LogP contribution >= 0.6 is 0 Å². The van der Waals surface area contributed by atoms with Gasteiger partial charge in [0.25, 0.3) is 0 Å². The molecule has 2 aliphatic heterocycles. The van der Waals surface area contributed by atoms with Crippen molar-refractivity contribution in [3.05, 3.63) is 35.9 Å². The summed E-state index contributed by atoms with van der Waals surface area (Å²) < 4.78 is 5.88. The van der Waals surface area contributed by atoms with Gasteiger partial charge in [-0.3, -0.25) is 4.79 Å². The van der Waals surface area contributed by atoms with Crippen molar-refractivity contribution < 1.29 is 19.5 Å². The number of hydrogen-bond acceptors (Lipinski definition) is 5. The smallest absolute Gasteiger partial charge is 0.310 e. The zero-order valence-corrected chi connectivity index (χ0v) is 13.7. The van der Waals surface area contributed by atoms with Gasteiger partial charge in [-0.05, 0) is 37.9 Å². The monoisotopic (exact) mass is 332 g/mol. The number of hydrogen-bond donors (Lipinski definition) is 2. The van der Waals surface area contributed by atoms with E-state index in [0.717, 1.165) is 37.2 Å². The second-order valence-corrected chi connectivity index (χ2v) is 6.40. The molecule has 3 rings (SSSR count). The summed E-state index contributed by atoms with van der Waals surface area (Å²) in [7, 11) is 0. The molecule has 2 atom stereocenters. The first kappa shape index (κ1) is 16.9. The zero-order chi connectivity index (χ0) is 16.8. The molecule has 2 unspecified atom stereocenters. The molecule has 0 amide bonds. The van der Waals surface area contributed by atoms with E-state index in [1.54, 1.807) is 0 Å². The van der Waals surface area contributed by atoms with E-state index in [0.29, 0.717) is 19.4 Å². The second-order valence-electron chi connectivity index (χ2n) is 6.40. The summed E-state index contributed by atoms with van der Waals surface area (Å²) in [5, 5.41) is 16.9. The van der Waals surface area contributed by atoms with Gasteiger partial charge in [0.1, 0.15) is 12.0 Å². The minimum absolute atomic E-state index is 0.257. The Morgan fingerprint density at radius 1 is 1.33 bits per heavy atom. The highest BCUT2D eigenvalue weighted by molar-refractivity contribution is 5.87. The van der Waals surface area contributed by atoms with Crippen LogP contribution in [0, 0.1) is 5.92 Å². The second kappa shape index (κ2) is 8.26. The number of benzene rings is 1. The average molecular weight is 332 g/mol. The third kappa shape index (κ3) is 4.55. The fourth-order valence-electron chi connectivity index (χ4n) is 3.17. The molecule has 6 nitrogen and oxygen atoms in total. The largest absolute Gasteiger partial charge is 0.481 e. The number of carboxylic acid groups (broad SMARTS) is 1. The Labute approximate surface area is 141 Å². The summed E-state index contributed by atoms with van der Waals surface area (Å²) in [5.41, 5.74) is 1.80. The minimum atomic E-state index is -0.848. The number of aliphatic carboxylic acids is 1. The van der Waals surface area contributed by atoms with Crippen LogP contribution in [0.3, 0.4) is 0 Å². The highest BCUT2D eigenvalue weighted by Gasteiger charge is 2.35. The molecular weight excluding hydrogens is 308 g/mol. The van der Waals surface area contributed by atoms with E-state index in [-0.39, 0.29) is 6.10 Å². The number of carboxylic acids is 1. The quantitative estimate of drug-likeness (QED) is 0.796. The summed E-state index contributed by atoms with van der Waals surface area (Å²) in [5.74, 6) is -1.45. The molecule has 130 valence electrons. The summed E-state index contributed by atoms with van der Waals surface area (Å²) in [4.78, 5) is 17.0. The number of oxime groups is 1. The summed E-state index contributed by atoms with van der Waals surface area (Å²) in [6, 6.07) is 9.63. The van der Waals surface area contributed by atoms with Crippen LogP contribution < -0.4 is 5.32 Å². The predicted octanol–water partition coefficient (Wildman–Crippen LogP) is 1.84. The van der Waals surface area contributed by atoms with Gasteiger partial charge in [-0.2, -0.15) is 0 Å². The average Bonchev–Trinajstić information content (AvgIpc) is 3.08. The molecule has 1 fully saturated rings. The summed E-state index contributed by atoms with van der Waals surface area (Å²) in [6.45, 7) is 2.39. The zero-order valence-electron chi connectivity index (χ0n) is 13.7. The molecule has 1 aromatic carbocycles. The van der Waals surface area contributed by atoms with Crippen molar-refractivity contribution in [2.24, 2.45) is 11.1 Å². The minimum Gasteiger partial charge on any atom is -0.481 e. The van der Waals surface area contributed by atoms with Crippen LogP contribution in [0.4, 0.5) is 0 Å². The van der Waals surface area contributed by atoms with Crippen LogP contribution in [-0.4, -0.2) is 48.7 Å². The summed E-state index contributed by atoms with van der Waals surface area (Å²) >= 11 is 0. The van der Waals surface area contributed by atoms with Crippen molar-refractivity contribution in [2.75, 3.05) is 19.7 Å². The van der Waals surface area contributed by atoms with Crippen molar-refractivity contribution in [1.29, 1.82) is 0 Å². The van der Waals surface area contributed by atoms with Crippen LogP contribution in [0.25, 0.3) is 0 Å². The van der Waals surface area contributed by atoms with E-state index in [9.17, 15) is 9.90 Å². The normalized spacial score (nSPS) is 22.7. The molecular formula is C18H24N2O4. The van der Waals surface area contributed by atoms with Crippen molar-refractivity contribution >= 4 is 11.7 Å². The Hall–Kier alpha value is -1.92. The standard InChI is InChI=1S/C18H24N2O4/c21-18(22)16(10-13-4-2-1-3-5-13)17-11-14(20-24-17)12-23-15-6-8-19-9-7-15/h1-5,15-17,19H,6-12H2,(H,21,22). The Morgan fingerprint density at radius 2 is 2.08 bits per heavy atom. The van der Waals surface area contributed by atoms with Crippen LogP contribution in [-0.2, 0) is 20.8 Å². The lowest BCUT2D eigenvalue weighted by atomic mass is 9.91. The topological polar surface area (TPSA) is 80.2 Å². The van der Waals surface area contributed by atoms with E-state index in [2.05, 4.69) is 10.5 Å². The molecule has 0 radical (unpaired) electrons. The SMILES string of the molecule is O=C(O)C(Cc1ccccc1)C1CC(COC2CCNCC2)=NO1. The number of carbonyl (C=O) groups is 1. The predicted molar refractivity (Wildman–Crippen MR) is 90.0 cm³/mol. The maximum Gasteiger partial charge on any atom is 0.310 e. The van der Waals surface area contributed by atoms with E-state index in [1.807, 2.05) is 30.3 Å². The van der Waals surface area contributed by atoms with Gasteiger partial charge < -0.3 is 20.0 Å². The van der Waals surface area contributed by atoms with Crippen LogP contribution in [0.2, 0.25) is 0 Å². The molecule has 6 heteroatoms. The van der Waals surface area contributed by atoms with Crippen molar-refractivity contribution in [3.63, 3.8) is 0 Å². The summed E-state index contributed by atoms with van der Waals surface area (Å²) in [6.07, 6.45) is 2.81. The van der Waals surface area contributed by atoms with Crippen LogP contribution in [0.15, 0.2) is 35.5 Å². The van der Waals surface area contributed by atoms with Crippen LogP contribution in [0.1, 0.15) is 24.8 Å². The van der Waals surface area contributed by atoms with Crippen molar-refractivity contribution in [1.82, 2.24) is 5.32 Å². The Bertz CT molecular complexity index is 570. The van der Waals surface area contributed by atoms with E-state index >= 15 is 0 Å². The third-order valence-corrected chi connectivity index (χ3v) is 4.59. The van der Waals surface area contributed by atoms with Crippen LogP contribution in [0.5, 0.6) is 0 Å². The molecule has 2 N–H and O–H groups in total. The molecule has 2 aliphatic rings. The van der Waals surface area contributed by atoms with Gasteiger partial charge in [-0.25, -0.2) is 0 Å². The van der Waals surface area contributed by atoms with Crippen molar-refractivity contribution in [2.45, 2.75) is 37.9 Å². The van der Waals surface area contributed by atoms with Gasteiger partial charge in [0.2, 0.25) is 0 Å². The number of nitrogens with one attached hydrogen (secondary N) is 1. The number of piperidine rings is 1. The molecule has 0 spiro atoms. The lowest BCUT2D eigenvalue weighted by Crippen LogP contribution is -2.34. The van der Waals surface area contributed by atoms with E-state index in [4.69, 9.17) is 9.57 Å². The first-order valence-corrected chi connectivity index (χ1v) is 8.53. The molecule has 2 heterocycles. The van der Waals surface area contributed by atoms with Gasteiger partial charge in [0.05, 0.1) is 18.4 Å². The molecule has 1 aromatic rings. The number of ether oxygens (including phenoxy) is 1.